The van der Waals surface area contributed by atoms with Crippen molar-refractivity contribution in [1.29, 1.82) is 0 Å². The zero-order valence-electron chi connectivity index (χ0n) is 12.6. The van der Waals surface area contributed by atoms with E-state index in [1.54, 1.807) is 18.2 Å². The summed E-state index contributed by atoms with van der Waals surface area (Å²) in [5.41, 5.74) is 9.68. The van der Waals surface area contributed by atoms with E-state index in [1.807, 2.05) is 18.2 Å². The molecule has 0 aliphatic heterocycles. The van der Waals surface area contributed by atoms with Gasteiger partial charge < -0.3 is 10.8 Å². The molecule has 0 spiro atoms. The Morgan fingerprint density at radius 1 is 1.09 bits per heavy atom. The average Bonchev–Trinajstić information content (AvgIpc) is 2.89. The van der Waals surface area contributed by atoms with Crippen LogP contribution in [0.1, 0.15) is 25.3 Å². The van der Waals surface area contributed by atoms with Crippen molar-refractivity contribution in [3.63, 3.8) is 0 Å². The number of nitrogen functional groups attached to an aromatic ring is 1. The number of hydrogen-bond donors (Lipinski definition) is 2. The van der Waals surface area contributed by atoms with Crippen LogP contribution in [-0.4, -0.2) is 20.1 Å². The Bertz CT molecular complexity index is 791. The van der Waals surface area contributed by atoms with Crippen molar-refractivity contribution in [3.05, 3.63) is 54.1 Å². The molecule has 3 aromatic rings. The predicted octanol–water partition coefficient (Wildman–Crippen LogP) is 3.35. The third-order valence-electron chi connectivity index (χ3n) is 3.63. The first kappa shape index (κ1) is 14.1. The molecule has 1 aromatic heterocycles. The largest absolute Gasteiger partial charge is 0.508 e. The van der Waals surface area contributed by atoms with Crippen LogP contribution >= 0.6 is 0 Å². The SMILES string of the molecule is CC(C)c1ccc(-c2nnn(-c3cccc(O)c3)c2N)cc1. The first-order chi connectivity index (χ1) is 10.6. The Balaban J connectivity index is 2.00. The number of phenols is 1. The minimum absolute atomic E-state index is 0.162. The van der Waals surface area contributed by atoms with Crippen LogP contribution in [0.25, 0.3) is 16.9 Å². The van der Waals surface area contributed by atoms with Crippen LogP contribution in [0, 0.1) is 0 Å². The van der Waals surface area contributed by atoms with E-state index in [9.17, 15) is 5.11 Å². The van der Waals surface area contributed by atoms with Gasteiger partial charge in [-0.25, -0.2) is 0 Å². The third kappa shape index (κ3) is 2.53. The first-order valence-electron chi connectivity index (χ1n) is 7.17. The number of phenolic OH excluding ortho intramolecular Hbond substituents is 1. The van der Waals surface area contributed by atoms with Gasteiger partial charge in [0.1, 0.15) is 11.4 Å². The van der Waals surface area contributed by atoms with Crippen LogP contribution in [0.5, 0.6) is 5.75 Å². The number of nitrogens with zero attached hydrogens (tertiary/aromatic N) is 3. The summed E-state index contributed by atoms with van der Waals surface area (Å²) in [5.74, 6) is 1.09. The van der Waals surface area contributed by atoms with Crippen molar-refractivity contribution >= 4 is 5.82 Å². The minimum Gasteiger partial charge on any atom is -0.508 e. The first-order valence-corrected chi connectivity index (χ1v) is 7.17. The monoisotopic (exact) mass is 294 g/mol. The second kappa shape index (κ2) is 5.52. The lowest BCUT2D eigenvalue weighted by molar-refractivity contribution is 0.475. The summed E-state index contributed by atoms with van der Waals surface area (Å²) in [5, 5.41) is 17.8. The van der Waals surface area contributed by atoms with E-state index in [0.29, 0.717) is 23.1 Å². The normalized spacial score (nSPS) is 11.0. The zero-order valence-corrected chi connectivity index (χ0v) is 12.6. The number of rotatable bonds is 3. The Hall–Kier alpha value is -2.82. The van der Waals surface area contributed by atoms with Crippen LogP contribution in [-0.2, 0) is 0 Å². The van der Waals surface area contributed by atoms with Gasteiger partial charge in [0.05, 0.1) is 5.69 Å². The molecule has 5 nitrogen and oxygen atoms in total. The summed E-state index contributed by atoms with van der Waals surface area (Å²) in [6.45, 7) is 4.31. The summed E-state index contributed by atoms with van der Waals surface area (Å²) in [4.78, 5) is 0. The van der Waals surface area contributed by atoms with Gasteiger partial charge in [-0.3, -0.25) is 0 Å². The Kier molecular flexibility index (Phi) is 3.55. The van der Waals surface area contributed by atoms with Gasteiger partial charge in [0, 0.05) is 11.6 Å². The second-order valence-electron chi connectivity index (χ2n) is 5.53. The molecule has 0 saturated carbocycles. The van der Waals surface area contributed by atoms with Gasteiger partial charge in [-0.05, 0) is 23.6 Å². The summed E-state index contributed by atoms with van der Waals surface area (Å²) < 4.78 is 1.52. The molecular formula is C17H18N4O. The van der Waals surface area contributed by atoms with Crippen LogP contribution in [0.15, 0.2) is 48.5 Å². The lowest BCUT2D eigenvalue weighted by Gasteiger charge is -2.06. The van der Waals surface area contributed by atoms with Crippen molar-refractivity contribution in [1.82, 2.24) is 15.0 Å². The molecule has 112 valence electrons. The molecule has 1 heterocycles. The van der Waals surface area contributed by atoms with Crippen LogP contribution in [0.3, 0.4) is 0 Å². The predicted molar refractivity (Wildman–Crippen MR) is 87.0 cm³/mol. The maximum atomic E-state index is 9.57. The van der Waals surface area contributed by atoms with Crippen LogP contribution < -0.4 is 5.73 Å². The highest BCUT2D eigenvalue weighted by atomic mass is 16.3. The molecule has 0 aliphatic carbocycles. The van der Waals surface area contributed by atoms with Crippen molar-refractivity contribution in [2.24, 2.45) is 0 Å². The van der Waals surface area contributed by atoms with Gasteiger partial charge in [0.25, 0.3) is 0 Å². The van der Waals surface area contributed by atoms with Crippen molar-refractivity contribution in [2.45, 2.75) is 19.8 Å². The number of aromatic nitrogens is 3. The molecule has 2 aromatic carbocycles. The lowest BCUT2D eigenvalue weighted by Crippen LogP contribution is -2.02. The number of benzene rings is 2. The molecule has 0 unspecified atom stereocenters. The van der Waals surface area contributed by atoms with E-state index in [-0.39, 0.29) is 5.75 Å². The summed E-state index contributed by atoms with van der Waals surface area (Å²) >= 11 is 0. The standard InChI is InChI=1S/C17H18N4O/c1-11(2)12-6-8-13(9-7-12)16-17(18)21(20-19-16)14-4-3-5-15(22)10-14/h3-11,22H,18H2,1-2H3. The van der Waals surface area contributed by atoms with Crippen LogP contribution in [0.4, 0.5) is 5.82 Å². The minimum atomic E-state index is 0.162. The lowest BCUT2D eigenvalue weighted by atomic mass is 10.0. The Labute approximate surface area is 129 Å². The van der Waals surface area contributed by atoms with Gasteiger partial charge in [-0.1, -0.05) is 49.4 Å². The number of hydrogen-bond acceptors (Lipinski definition) is 4. The van der Waals surface area contributed by atoms with Crippen molar-refractivity contribution in [2.75, 3.05) is 5.73 Å². The molecule has 22 heavy (non-hydrogen) atoms. The smallest absolute Gasteiger partial charge is 0.155 e. The van der Waals surface area contributed by atoms with E-state index in [2.05, 4.69) is 36.3 Å². The topological polar surface area (TPSA) is 77.0 Å². The summed E-state index contributed by atoms with van der Waals surface area (Å²) in [6, 6.07) is 14.9. The van der Waals surface area contributed by atoms with Crippen molar-refractivity contribution < 1.29 is 5.11 Å². The number of aromatic hydroxyl groups is 1. The fourth-order valence-electron chi connectivity index (χ4n) is 2.34. The molecule has 0 amide bonds. The summed E-state index contributed by atoms with van der Waals surface area (Å²) in [6.07, 6.45) is 0. The van der Waals surface area contributed by atoms with E-state index in [0.717, 1.165) is 5.56 Å². The molecule has 5 heteroatoms. The van der Waals surface area contributed by atoms with Crippen molar-refractivity contribution in [3.8, 4) is 22.7 Å². The van der Waals surface area contributed by atoms with Crippen LogP contribution in [0.2, 0.25) is 0 Å². The number of nitrogens with two attached hydrogens (primary N) is 1. The molecule has 0 bridgehead atoms. The van der Waals surface area contributed by atoms with E-state index >= 15 is 0 Å². The van der Waals surface area contributed by atoms with E-state index in [4.69, 9.17) is 5.73 Å². The Morgan fingerprint density at radius 2 is 1.82 bits per heavy atom. The quantitative estimate of drug-likeness (QED) is 0.776. The highest BCUT2D eigenvalue weighted by Gasteiger charge is 2.13. The zero-order chi connectivity index (χ0) is 15.7. The molecule has 0 aliphatic rings. The van der Waals surface area contributed by atoms with Gasteiger partial charge >= 0.3 is 0 Å². The Morgan fingerprint density at radius 3 is 2.45 bits per heavy atom. The third-order valence-corrected chi connectivity index (χ3v) is 3.63. The van der Waals surface area contributed by atoms with Gasteiger partial charge in [0.15, 0.2) is 5.82 Å². The molecular weight excluding hydrogens is 276 g/mol. The fraction of sp³-hybridized carbons (Fsp3) is 0.176. The molecule has 0 atom stereocenters. The highest BCUT2D eigenvalue weighted by Crippen LogP contribution is 2.27. The van der Waals surface area contributed by atoms with Gasteiger partial charge in [0.2, 0.25) is 0 Å². The molecule has 0 saturated heterocycles. The second-order valence-corrected chi connectivity index (χ2v) is 5.53. The molecule has 0 fully saturated rings. The molecule has 3 N–H and O–H groups in total. The number of anilines is 1. The molecule has 0 radical (unpaired) electrons. The average molecular weight is 294 g/mol. The van der Waals surface area contributed by atoms with Gasteiger partial charge in [-0.2, -0.15) is 4.68 Å². The molecule has 3 rings (SSSR count). The maximum Gasteiger partial charge on any atom is 0.155 e. The van der Waals surface area contributed by atoms with E-state index in [1.165, 1.54) is 10.2 Å². The highest BCUT2D eigenvalue weighted by molar-refractivity contribution is 5.71. The maximum absolute atomic E-state index is 9.57. The van der Waals surface area contributed by atoms with Gasteiger partial charge in [-0.15, -0.1) is 5.10 Å². The van der Waals surface area contributed by atoms with E-state index < -0.39 is 0 Å². The fourth-order valence-corrected chi connectivity index (χ4v) is 2.34. The summed E-state index contributed by atoms with van der Waals surface area (Å²) in [7, 11) is 0.